The van der Waals surface area contributed by atoms with Crippen molar-refractivity contribution >= 4 is 28.8 Å². The SMILES string of the molecule is COc1ccccc1NC(=O)c1ccc(C(N)=S)cc1. The minimum absolute atomic E-state index is 0.219. The molecule has 20 heavy (non-hydrogen) atoms. The number of nitrogens with one attached hydrogen (secondary N) is 1. The number of anilines is 1. The summed E-state index contributed by atoms with van der Waals surface area (Å²) in [6.07, 6.45) is 0. The molecule has 0 heterocycles. The van der Waals surface area contributed by atoms with Crippen LogP contribution in [0.25, 0.3) is 0 Å². The lowest BCUT2D eigenvalue weighted by atomic mass is 10.1. The molecule has 0 radical (unpaired) electrons. The van der Waals surface area contributed by atoms with Crippen molar-refractivity contribution in [3.63, 3.8) is 0 Å². The van der Waals surface area contributed by atoms with Crippen molar-refractivity contribution in [2.75, 3.05) is 12.4 Å². The second kappa shape index (κ2) is 6.16. The van der Waals surface area contributed by atoms with Gasteiger partial charge in [-0.05, 0) is 24.3 Å². The summed E-state index contributed by atoms with van der Waals surface area (Å²) >= 11 is 4.87. The van der Waals surface area contributed by atoms with Crippen LogP contribution in [0.15, 0.2) is 48.5 Å². The standard InChI is InChI=1S/C15H14N2O2S/c1-19-13-5-3-2-4-12(13)17-15(18)11-8-6-10(7-9-11)14(16)20/h2-9H,1H3,(H2,16,20)(H,17,18). The van der Waals surface area contributed by atoms with E-state index in [1.165, 1.54) is 0 Å². The normalized spacial score (nSPS) is 9.85. The van der Waals surface area contributed by atoms with Crippen LogP contribution < -0.4 is 15.8 Å². The number of methoxy groups -OCH3 is 1. The summed E-state index contributed by atoms with van der Waals surface area (Å²) in [5, 5.41) is 2.80. The van der Waals surface area contributed by atoms with E-state index in [1.54, 1.807) is 43.5 Å². The highest BCUT2D eigenvalue weighted by atomic mass is 32.1. The molecule has 2 aromatic carbocycles. The van der Waals surface area contributed by atoms with Crippen LogP contribution in [0.4, 0.5) is 5.69 Å². The highest BCUT2D eigenvalue weighted by molar-refractivity contribution is 7.80. The molecular formula is C15H14N2O2S. The molecule has 0 atom stereocenters. The summed E-state index contributed by atoms with van der Waals surface area (Å²) < 4.78 is 5.18. The third-order valence-electron chi connectivity index (χ3n) is 2.79. The van der Waals surface area contributed by atoms with Gasteiger partial charge in [0.05, 0.1) is 12.8 Å². The first-order valence-corrected chi connectivity index (χ1v) is 6.37. The molecular weight excluding hydrogens is 272 g/mol. The van der Waals surface area contributed by atoms with Crippen LogP contribution in [0.3, 0.4) is 0 Å². The van der Waals surface area contributed by atoms with Crippen molar-refractivity contribution in [3.05, 3.63) is 59.7 Å². The average Bonchev–Trinajstić information content (AvgIpc) is 2.48. The Labute approximate surface area is 122 Å². The predicted molar refractivity (Wildman–Crippen MR) is 83.3 cm³/mol. The van der Waals surface area contributed by atoms with E-state index < -0.39 is 0 Å². The fraction of sp³-hybridized carbons (Fsp3) is 0.0667. The molecule has 102 valence electrons. The second-order valence-electron chi connectivity index (χ2n) is 4.10. The van der Waals surface area contributed by atoms with Crippen LogP contribution in [0, 0.1) is 0 Å². The van der Waals surface area contributed by atoms with Crippen LogP contribution in [0.1, 0.15) is 15.9 Å². The quantitative estimate of drug-likeness (QED) is 0.848. The molecule has 1 amide bonds. The average molecular weight is 286 g/mol. The Kier molecular flexibility index (Phi) is 4.32. The number of thiocarbonyl (C=S) groups is 1. The fourth-order valence-corrected chi connectivity index (χ4v) is 1.86. The van der Waals surface area contributed by atoms with Gasteiger partial charge in [0.15, 0.2) is 0 Å². The largest absolute Gasteiger partial charge is 0.495 e. The number of carbonyl (C=O) groups is 1. The Balaban J connectivity index is 2.17. The zero-order valence-electron chi connectivity index (χ0n) is 10.9. The summed E-state index contributed by atoms with van der Waals surface area (Å²) in [4.78, 5) is 12.4. The summed E-state index contributed by atoms with van der Waals surface area (Å²) in [5.41, 5.74) is 7.39. The number of ether oxygens (including phenoxy) is 1. The van der Waals surface area contributed by atoms with Crippen molar-refractivity contribution in [2.45, 2.75) is 0 Å². The number of hydrogen-bond acceptors (Lipinski definition) is 3. The van der Waals surface area contributed by atoms with E-state index in [4.69, 9.17) is 22.7 Å². The highest BCUT2D eigenvalue weighted by Crippen LogP contribution is 2.23. The van der Waals surface area contributed by atoms with E-state index in [1.807, 2.05) is 12.1 Å². The van der Waals surface area contributed by atoms with Gasteiger partial charge in [-0.15, -0.1) is 0 Å². The number of carbonyl (C=O) groups excluding carboxylic acids is 1. The van der Waals surface area contributed by atoms with Crippen LogP contribution in [0.5, 0.6) is 5.75 Å². The Hall–Kier alpha value is -2.40. The molecule has 0 aliphatic rings. The molecule has 0 aromatic heterocycles. The summed E-state index contributed by atoms with van der Waals surface area (Å²) in [6, 6.07) is 14.0. The Morgan fingerprint density at radius 1 is 1.10 bits per heavy atom. The monoisotopic (exact) mass is 286 g/mol. The third-order valence-corrected chi connectivity index (χ3v) is 3.02. The lowest BCUT2D eigenvalue weighted by Gasteiger charge is -2.10. The second-order valence-corrected chi connectivity index (χ2v) is 4.54. The highest BCUT2D eigenvalue weighted by Gasteiger charge is 2.09. The molecule has 0 spiro atoms. The van der Waals surface area contributed by atoms with Crippen LogP contribution in [-0.4, -0.2) is 18.0 Å². The van der Waals surface area contributed by atoms with Gasteiger partial charge in [0.1, 0.15) is 10.7 Å². The molecule has 3 N–H and O–H groups in total. The number of hydrogen-bond donors (Lipinski definition) is 2. The Morgan fingerprint density at radius 3 is 2.30 bits per heavy atom. The lowest BCUT2D eigenvalue weighted by Crippen LogP contribution is -2.14. The van der Waals surface area contributed by atoms with E-state index in [2.05, 4.69) is 5.32 Å². The zero-order chi connectivity index (χ0) is 14.5. The Morgan fingerprint density at radius 2 is 1.70 bits per heavy atom. The molecule has 5 heteroatoms. The number of para-hydroxylation sites is 2. The van der Waals surface area contributed by atoms with Gasteiger partial charge in [0.25, 0.3) is 5.91 Å². The van der Waals surface area contributed by atoms with Gasteiger partial charge in [-0.3, -0.25) is 4.79 Å². The fourth-order valence-electron chi connectivity index (χ4n) is 1.73. The van der Waals surface area contributed by atoms with E-state index in [0.29, 0.717) is 22.0 Å². The first kappa shape index (κ1) is 14.0. The smallest absolute Gasteiger partial charge is 0.255 e. The van der Waals surface area contributed by atoms with Crippen molar-refractivity contribution < 1.29 is 9.53 Å². The molecule has 0 saturated heterocycles. The van der Waals surface area contributed by atoms with Crippen molar-refractivity contribution in [1.29, 1.82) is 0 Å². The molecule has 0 bridgehead atoms. The number of rotatable bonds is 4. The number of nitrogens with two attached hydrogens (primary N) is 1. The third kappa shape index (κ3) is 3.13. The van der Waals surface area contributed by atoms with Crippen LogP contribution >= 0.6 is 12.2 Å². The van der Waals surface area contributed by atoms with Gasteiger partial charge in [-0.2, -0.15) is 0 Å². The van der Waals surface area contributed by atoms with Crippen molar-refractivity contribution in [3.8, 4) is 5.75 Å². The molecule has 0 saturated carbocycles. The Bertz CT molecular complexity index is 639. The molecule has 2 aromatic rings. The minimum Gasteiger partial charge on any atom is -0.495 e. The molecule has 4 nitrogen and oxygen atoms in total. The maximum Gasteiger partial charge on any atom is 0.255 e. The van der Waals surface area contributed by atoms with Gasteiger partial charge in [-0.1, -0.05) is 36.5 Å². The topological polar surface area (TPSA) is 64.3 Å². The molecule has 0 fully saturated rings. The summed E-state index contributed by atoms with van der Waals surface area (Å²) in [6.45, 7) is 0. The van der Waals surface area contributed by atoms with Crippen LogP contribution in [-0.2, 0) is 0 Å². The van der Waals surface area contributed by atoms with E-state index in [9.17, 15) is 4.79 Å². The summed E-state index contributed by atoms with van der Waals surface area (Å²) in [5.74, 6) is 0.393. The number of benzene rings is 2. The van der Waals surface area contributed by atoms with Gasteiger partial charge in [0.2, 0.25) is 0 Å². The maximum absolute atomic E-state index is 12.1. The van der Waals surface area contributed by atoms with E-state index >= 15 is 0 Å². The van der Waals surface area contributed by atoms with Gasteiger partial charge in [0, 0.05) is 11.1 Å². The van der Waals surface area contributed by atoms with Gasteiger partial charge in [-0.25, -0.2) is 0 Å². The molecule has 0 aliphatic carbocycles. The van der Waals surface area contributed by atoms with Gasteiger partial charge >= 0.3 is 0 Å². The van der Waals surface area contributed by atoms with Crippen molar-refractivity contribution in [1.82, 2.24) is 0 Å². The molecule has 2 rings (SSSR count). The first-order valence-electron chi connectivity index (χ1n) is 5.96. The summed E-state index contributed by atoms with van der Waals surface area (Å²) in [7, 11) is 1.56. The first-order chi connectivity index (χ1) is 9.61. The van der Waals surface area contributed by atoms with E-state index in [-0.39, 0.29) is 5.91 Å². The van der Waals surface area contributed by atoms with Gasteiger partial charge < -0.3 is 15.8 Å². The zero-order valence-corrected chi connectivity index (χ0v) is 11.7. The predicted octanol–water partition coefficient (Wildman–Crippen LogP) is 2.58. The lowest BCUT2D eigenvalue weighted by molar-refractivity contribution is 0.102. The molecule has 0 unspecified atom stereocenters. The minimum atomic E-state index is -0.219. The maximum atomic E-state index is 12.1. The van der Waals surface area contributed by atoms with E-state index in [0.717, 1.165) is 5.56 Å². The molecule has 0 aliphatic heterocycles. The van der Waals surface area contributed by atoms with Crippen molar-refractivity contribution in [2.24, 2.45) is 5.73 Å². The number of amides is 1. The van der Waals surface area contributed by atoms with Crippen LogP contribution in [0.2, 0.25) is 0 Å².